The van der Waals surface area contributed by atoms with E-state index in [1.807, 2.05) is 17.0 Å². The fourth-order valence-electron chi connectivity index (χ4n) is 2.23. The molecule has 0 saturated heterocycles. The van der Waals surface area contributed by atoms with E-state index in [0.717, 1.165) is 11.1 Å². The summed E-state index contributed by atoms with van der Waals surface area (Å²) in [5.74, 6) is -0.453. The number of nitrogens with zero attached hydrogens (tertiary/aromatic N) is 4. The molecule has 0 spiro atoms. The number of aromatic carboxylic acids is 1. The molecule has 0 aliphatic carbocycles. The van der Waals surface area contributed by atoms with Gasteiger partial charge in [-0.25, -0.2) is 14.8 Å². The highest BCUT2D eigenvalue weighted by molar-refractivity contribution is 5.88. The highest BCUT2D eigenvalue weighted by atomic mass is 16.4. The monoisotopic (exact) mass is 266 g/mol. The molecule has 1 aromatic heterocycles. The van der Waals surface area contributed by atoms with Crippen molar-refractivity contribution in [3.63, 3.8) is 0 Å². The number of rotatable bonds is 2. The lowest BCUT2D eigenvalue weighted by Gasteiger charge is -2.14. The van der Waals surface area contributed by atoms with E-state index in [1.165, 1.54) is 0 Å². The Morgan fingerprint density at radius 3 is 2.85 bits per heavy atom. The lowest BCUT2D eigenvalue weighted by atomic mass is 10.1. The Morgan fingerprint density at radius 2 is 2.10 bits per heavy atom. The molecule has 0 amide bonds. The minimum Gasteiger partial charge on any atom is -0.478 e. The quantitative estimate of drug-likeness (QED) is 0.887. The molecule has 2 heterocycles. The zero-order valence-electron chi connectivity index (χ0n) is 10.4. The Morgan fingerprint density at radius 1 is 1.30 bits per heavy atom. The van der Waals surface area contributed by atoms with E-state index in [-0.39, 0.29) is 5.56 Å². The smallest absolute Gasteiger partial charge is 0.335 e. The summed E-state index contributed by atoms with van der Waals surface area (Å²) in [6, 6.07) is 8.61. The van der Waals surface area contributed by atoms with Crippen LogP contribution in [0.4, 0.5) is 5.95 Å². The molecule has 0 saturated carbocycles. The van der Waals surface area contributed by atoms with E-state index in [0.29, 0.717) is 24.7 Å². The average molecular weight is 266 g/mol. The number of aromatic nitrogens is 2. The molecule has 0 radical (unpaired) electrons. The van der Waals surface area contributed by atoms with Crippen molar-refractivity contribution in [3.8, 4) is 6.07 Å². The van der Waals surface area contributed by atoms with E-state index >= 15 is 0 Å². The number of nitriles is 1. The maximum absolute atomic E-state index is 11.0. The molecule has 3 rings (SSSR count). The highest BCUT2D eigenvalue weighted by Gasteiger charge is 2.22. The minimum atomic E-state index is -0.936. The standard InChI is InChI=1S/C14H10N4O2/c15-6-12-3-4-16-14(17-12)18-7-10-2-1-9(13(19)20)5-11(10)8-18/h1-5H,7-8H2,(H,19,20). The van der Waals surface area contributed by atoms with Crippen LogP contribution in [0.3, 0.4) is 0 Å². The van der Waals surface area contributed by atoms with Crippen LogP contribution in [0.1, 0.15) is 27.2 Å². The zero-order valence-corrected chi connectivity index (χ0v) is 10.4. The molecule has 1 aliphatic rings. The first kappa shape index (κ1) is 12.1. The molecule has 98 valence electrons. The Kier molecular flexibility index (Phi) is 2.80. The molecule has 0 atom stereocenters. The molecule has 6 heteroatoms. The number of hydrogen-bond donors (Lipinski definition) is 1. The second kappa shape index (κ2) is 4.63. The van der Waals surface area contributed by atoms with Crippen molar-refractivity contribution in [2.75, 3.05) is 4.90 Å². The van der Waals surface area contributed by atoms with Gasteiger partial charge < -0.3 is 10.0 Å². The van der Waals surface area contributed by atoms with Crippen LogP contribution in [0.5, 0.6) is 0 Å². The van der Waals surface area contributed by atoms with E-state index in [9.17, 15) is 4.79 Å². The number of carboxylic acid groups (broad SMARTS) is 1. The third kappa shape index (κ3) is 2.06. The lowest BCUT2D eigenvalue weighted by molar-refractivity contribution is 0.0697. The molecule has 1 aliphatic heterocycles. The third-order valence-corrected chi connectivity index (χ3v) is 3.22. The van der Waals surface area contributed by atoms with Crippen LogP contribution < -0.4 is 4.90 Å². The zero-order chi connectivity index (χ0) is 14.1. The Labute approximate surface area is 114 Å². The summed E-state index contributed by atoms with van der Waals surface area (Å²) in [5, 5.41) is 17.8. The van der Waals surface area contributed by atoms with Gasteiger partial charge in [0.1, 0.15) is 11.8 Å². The van der Waals surface area contributed by atoms with Gasteiger partial charge in [-0.05, 0) is 29.3 Å². The molecule has 2 aromatic rings. The summed E-state index contributed by atoms with van der Waals surface area (Å²) >= 11 is 0. The summed E-state index contributed by atoms with van der Waals surface area (Å²) in [6.07, 6.45) is 1.55. The third-order valence-electron chi connectivity index (χ3n) is 3.22. The van der Waals surface area contributed by atoms with Crippen molar-refractivity contribution in [1.29, 1.82) is 5.26 Å². The first-order valence-electron chi connectivity index (χ1n) is 6.00. The Balaban J connectivity index is 1.90. The molecule has 0 fully saturated rings. The molecular formula is C14H10N4O2. The molecule has 0 unspecified atom stereocenters. The van der Waals surface area contributed by atoms with E-state index in [1.54, 1.807) is 24.4 Å². The van der Waals surface area contributed by atoms with Crippen molar-refractivity contribution >= 4 is 11.9 Å². The van der Waals surface area contributed by atoms with Crippen molar-refractivity contribution in [3.05, 3.63) is 52.8 Å². The van der Waals surface area contributed by atoms with Crippen LogP contribution in [0, 0.1) is 11.3 Å². The van der Waals surface area contributed by atoms with Crippen molar-refractivity contribution in [1.82, 2.24) is 9.97 Å². The van der Waals surface area contributed by atoms with Gasteiger partial charge in [0.05, 0.1) is 5.56 Å². The predicted molar refractivity (Wildman–Crippen MR) is 70.0 cm³/mol. The van der Waals surface area contributed by atoms with Crippen LogP contribution in [0.2, 0.25) is 0 Å². The first-order valence-corrected chi connectivity index (χ1v) is 6.00. The second-order valence-corrected chi connectivity index (χ2v) is 4.50. The van der Waals surface area contributed by atoms with Crippen LogP contribution >= 0.6 is 0 Å². The van der Waals surface area contributed by atoms with Gasteiger partial charge >= 0.3 is 5.97 Å². The molecular weight excluding hydrogens is 256 g/mol. The predicted octanol–water partition coefficient (Wildman–Crippen LogP) is 1.57. The van der Waals surface area contributed by atoms with Crippen molar-refractivity contribution < 1.29 is 9.90 Å². The van der Waals surface area contributed by atoms with Gasteiger partial charge in [0.2, 0.25) is 5.95 Å². The van der Waals surface area contributed by atoms with Gasteiger partial charge in [0.15, 0.2) is 0 Å². The maximum Gasteiger partial charge on any atom is 0.335 e. The molecule has 1 N–H and O–H groups in total. The number of hydrogen-bond acceptors (Lipinski definition) is 5. The summed E-state index contributed by atoms with van der Waals surface area (Å²) in [4.78, 5) is 21.2. The fraction of sp³-hybridized carbons (Fsp3) is 0.143. The molecule has 1 aromatic carbocycles. The first-order chi connectivity index (χ1) is 9.67. The van der Waals surface area contributed by atoms with Gasteiger partial charge in [-0.15, -0.1) is 0 Å². The van der Waals surface area contributed by atoms with Gasteiger partial charge in [-0.2, -0.15) is 5.26 Å². The lowest BCUT2D eigenvalue weighted by Crippen LogP contribution is -2.17. The number of benzene rings is 1. The summed E-state index contributed by atoms with van der Waals surface area (Å²) in [5.41, 5.74) is 2.60. The summed E-state index contributed by atoms with van der Waals surface area (Å²) < 4.78 is 0. The molecule has 6 nitrogen and oxygen atoms in total. The van der Waals surface area contributed by atoms with Crippen LogP contribution in [-0.2, 0) is 13.1 Å². The Hall–Kier alpha value is -2.94. The van der Waals surface area contributed by atoms with Gasteiger partial charge in [0, 0.05) is 19.3 Å². The van der Waals surface area contributed by atoms with Crippen molar-refractivity contribution in [2.45, 2.75) is 13.1 Å². The van der Waals surface area contributed by atoms with Crippen LogP contribution in [0.25, 0.3) is 0 Å². The van der Waals surface area contributed by atoms with Gasteiger partial charge in [-0.1, -0.05) is 6.07 Å². The number of fused-ring (bicyclic) bond motifs is 1. The second-order valence-electron chi connectivity index (χ2n) is 4.50. The fourth-order valence-corrected chi connectivity index (χ4v) is 2.23. The Bertz CT molecular complexity index is 736. The number of carbonyl (C=O) groups is 1. The molecule has 20 heavy (non-hydrogen) atoms. The largest absolute Gasteiger partial charge is 0.478 e. The SMILES string of the molecule is N#Cc1ccnc(N2Cc3ccc(C(=O)O)cc3C2)n1. The van der Waals surface area contributed by atoms with Gasteiger partial charge in [0.25, 0.3) is 0 Å². The maximum atomic E-state index is 11.0. The number of carboxylic acids is 1. The van der Waals surface area contributed by atoms with E-state index in [2.05, 4.69) is 9.97 Å². The molecule has 0 bridgehead atoms. The van der Waals surface area contributed by atoms with Crippen LogP contribution in [-0.4, -0.2) is 21.0 Å². The topological polar surface area (TPSA) is 90.1 Å². The van der Waals surface area contributed by atoms with Crippen LogP contribution in [0.15, 0.2) is 30.5 Å². The normalized spacial score (nSPS) is 12.8. The van der Waals surface area contributed by atoms with E-state index in [4.69, 9.17) is 10.4 Å². The van der Waals surface area contributed by atoms with Crippen molar-refractivity contribution in [2.24, 2.45) is 0 Å². The van der Waals surface area contributed by atoms with E-state index < -0.39 is 5.97 Å². The summed E-state index contributed by atoms with van der Waals surface area (Å²) in [7, 11) is 0. The van der Waals surface area contributed by atoms with Gasteiger partial charge in [-0.3, -0.25) is 0 Å². The summed E-state index contributed by atoms with van der Waals surface area (Å²) in [6.45, 7) is 1.16. The minimum absolute atomic E-state index is 0.275. The number of anilines is 1. The average Bonchev–Trinajstić information content (AvgIpc) is 2.90. The highest BCUT2D eigenvalue weighted by Crippen LogP contribution is 2.26.